The molecular weight excluding hydrogens is 216 g/mol. The van der Waals surface area contributed by atoms with Crippen LogP contribution < -0.4 is 10.5 Å². The maximum Gasteiger partial charge on any atom is 0.387 e. The van der Waals surface area contributed by atoms with Crippen LogP contribution in [0.2, 0.25) is 0 Å². The van der Waals surface area contributed by atoms with E-state index in [1.807, 2.05) is 6.92 Å². The number of ether oxygens (including phenoxy) is 2. The van der Waals surface area contributed by atoms with Crippen LogP contribution in [0.25, 0.3) is 0 Å². The predicted octanol–water partition coefficient (Wildman–Crippen LogP) is 2.32. The molecule has 1 unspecified atom stereocenters. The molecule has 0 aromatic heterocycles. The zero-order chi connectivity index (χ0) is 12.0. The summed E-state index contributed by atoms with van der Waals surface area (Å²) in [7, 11) is 0. The Morgan fingerprint density at radius 1 is 1.31 bits per heavy atom. The third-order valence-electron chi connectivity index (χ3n) is 2.04. The lowest BCUT2D eigenvalue weighted by atomic mass is 10.1. The fraction of sp³-hybridized carbons (Fsp3) is 0.455. The van der Waals surface area contributed by atoms with Crippen LogP contribution in [0.5, 0.6) is 5.75 Å². The maximum atomic E-state index is 12.1. The number of halogens is 2. The van der Waals surface area contributed by atoms with E-state index in [9.17, 15) is 8.78 Å². The molecule has 0 aliphatic carbocycles. The molecule has 1 atom stereocenters. The molecule has 5 heteroatoms. The van der Waals surface area contributed by atoms with Crippen molar-refractivity contribution in [1.29, 1.82) is 0 Å². The third kappa shape index (κ3) is 3.75. The molecule has 1 aromatic rings. The highest BCUT2D eigenvalue weighted by atomic mass is 19.3. The zero-order valence-corrected chi connectivity index (χ0v) is 9.03. The normalized spacial score (nSPS) is 12.8. The van der Waals surface area contributed by atoms with Crippen LogP contribution in [0.4, 0.5) is 8.78 Å². The Kier molecular flexibility index (Phi) is 5.14. The number of nitrogens with two attached hydrogens (primary N) is 1. The number of rotatable bonds is 6. The molecule has 0 heterocycles. The van der Waals surface area contributed by atoms with Gasteiger partial charge in [0, 0.05) is 12.2 Å². The predicted molar refractivity (Wildman–Crippen MR) is 56.5 cm³/mol. The molecule has 0 bridgehead atoms. The van der Waals surface area contributed by atoms with Gasteiger partial charge in [0.15, 0.2) is 0 Å². The summed E-state index contributed by atoms with van der Waals surface area (Å²) in [6.45, 7) is -0.194. The van der Waals surface area contributed by atoms with Crippen molar-refractivity contribution < 1.29 is 18.3 Å². The van der Waals surface area contributed by atoms with Gasteiger partial charge in [0.25, 0.3) is 0 Å². The summed E-state index contributed by atoms with van der Waals surface area (Å²) in [5, 5.41) is 0. The summed E-state index contributed by atoms with van der Waals surface area (Å²) in [6, 6.07) is 6.00. The van der Waals surface area contributed by atoms with E-state index in [4.69, 9.17) is 10.5 Å². The van der Waals surface area contributed by atoms with Crippen molar-refractivity contribution in [2.45, 2.75) is 19.6 Å². The number of hydrogen-bond acceptors (Lipinski definition) is 3. The molecule has 1 aromatic carbocycles. The number of hydrogen-bond donors (Lipinski definition) is 1. The van der Waals surface area contributed by atoms with Gasteiger partial charge in [-0.05, 0) is 13.0 Å². The van der Waals surface area contributed by atoms with Gasteiger partial charge in [-0.2, -0.15) is 8.78 Å². The third-order valence-corrected chi connectivity index (χ3v) is 2.04. The highest BCUT2D eigenvalue weighted by molar-refractivity contribution is 5.35. The van der Waals surface area contributed by atoms with E-state index in [2.05, 4.69) is 4.74 Å². The summed E-state index contributed by atoms with van der Waals surface area (Å²) in [5.41, 5.74) is 6.33. The molecule has 2 N–H and O–H groups in total. The molecule has 16 heavy (non-hydrogen) atoms. The summed E-state index contributed by atoms with van der Waals surface area (Å²) in [4.78, 5) is 0. The van der Waals surface area contributed by atoms with Crippen molar-refractivity contribution in [2.75, 3.05) is 13.2 Å². The fourth-order valence-electron chi connectivity index (χ4n) is 1.32. The summed E-state index contributed by atoms with van der Waals surface area (Å²) >= 11 is 0. The molecule has 0 aliphatic rings. The average Bonchev–Trinajstić information content (AvgIpc) is 2.26. The van der Waals surface area contributed by atoms with Gasteiger partial charge in [-0.15, -0.1) is 0 Å². The van der Waals surface area contributed by atoms with Gasteiger partial charge in [0.2, 0.25) is 0 Å². The molecule has 0 aliphatic heterocycles. The van der Waals surface area contributed by atoms with Crippen molar-refractivity contribution in [1.82, 2.24) is 0 Å². The number of para-hydroxylation sites is 1. The monoisotopic (exact) mass is 231 g/mol. The van der Waals surface area contributed by atoms with E-state index in [0.717, 1.165) is 0 Å². The molecule has 0 spiro atoms. The summed E-state index contributed by atoms with van der Waals surface area (Å²) < 4.78 is 33.8. The minimum atomic E-state index is -2.85. The lowest BCUT2D eigenvalue weighted by molar-refractivity contribution is -0.0508. The average molecular weight is 231 g/mol. The number of alkyl halides is 2. The van der Waals surface area contributed by atoms with E-state index in [1.165, 1.54) is 6.07 Å². The van der Waals surface area contributed by atoms with Crippen LogP contribution in [-0.4, -0.2) is 19.8 Å². The first-order valence-corrected chi connectivity index (χ1v) is 5.02. The molecule has 0 saturated heterocycles. The second-order valence-corrected chi connectivity index (χ2v) is 3.18. The van der Waals surface area contributed by atoms with Crippen LogP contribution in [0.3, 0.4) is 0 Å². The summed E-state index contributed by atoms with van der Waals surface area (Å²) in [5.74, 6) is 0.102. The lowest BCUT2D eigenvalue weighted by Gasteiger charge is -2.16. The Hall–Kier alpha value is -1.20. The van der Waals surface area contributed by atoms with Gasteiger partial charge >= 0.3 is 6.61 Å². The molecule has 0 fully saturated rings. The summed E-state index contributed by atoms with van der Waals surface area (Å²) in [6.07, 6.45) is 0. The Balaban J connectivity index is 2.76. The Bertz CT molecular complexity index is 321. The first kappa shape index (κ1) is 12.9. The van der Waals surface area contributed by atoms with Crippen LogP contribution in [-0.2, 0) is 4.74 Å². The lowest BCUT2D eigenvalue weighted by Crippen LogP contribution is -2.18. The van der Waals surface area contributed by atoms with Gasteiger partial charge in [0.1, 0.15) is 5.75 Å². The van der Waals surface area contributed by atoms with E-state index in [1.54, 1.807) is 18.2 Å². The smallest absolute Gasteiger partial charge is 0.387 e. The molecule has 1 rings (SSSR count). The SMILES string of the molecule is CCOCC(N)c1ccccc1OC(F)F. The topological polar surface area (TPSA) is 44.5 Å². The van der Waals surface area contributed by atoms with Crippen molar-refractivity contribution in [2.24, 2.45) is 5.73 Å². The van der Waals surface area contributed by atoms with Crippen molar-refractivity contribution in [3.05, 3.63) is 29.8 Å². The first-order chi connectivity index (χ1) is 7.65. The highest BCUT2D eigenvalue weighted by Gasteiger charge is 2.14. The Labute approximate surface area is 93.2 Å². The van der Waals surface area contributed by atoms with E-state index in [0.29, 0.717) is 12.2 Å². The standard InChI is InChI=1S/C11H15F2NO2/c1-2-15-7-9(14)8-5-3-4-6-10(8)16-11(12)13/h3-6,9,11H,2,7,14H2,1H3. The van der Waals surface area contributed by atoms with Crippen LogP contribution in [0.15, 0.2) is 24.3 Å². The van der Waals surface area contributed by atoms with Gasteiger partial charge in [-0.1, -0.05) is 18.2 Å². The van der Waals surface area contributed by atoms with Gasteiger partial charge in [-0.3, -0.25) is 0 Å². The molecular formula is C11H15F2NO2. The van der Waals surface area contributed by atoms with Gasteiger partial charge in [0.05, 0.1) is 12.6 Å². The molecule has 3 nitrogen and oxygen atoms in total. The number of benzene rings is 1. The Morgan fingerprint density at radius 2 is 2.00 bits per heavy atom. The fourth-order valence-corrected chi connectivity index (χ4v) is 1.32. The second kappa shape index (κ2) is 6.40. The van der Waals surface area contributed by atoms with E-state index in [-0.39, 0.29) is 12.4 Å². The minimum absolute atomic E-state index is 0.102. The minimum Gasteiger partial charge on any atom is -0.434 e. The van der Waals surface area contributed by atoms with Crippen LogP contribution in [0.1, 0.15) is 18.5 Å². The zero-order valence-electron chi connectivity index (χ0n) is 9.03. The largest absolute Gasteiger partial charge is 0.434 e. The van der Waals surface area contributed by atoms with Gasteiger partial charge in [-0.25, -0.2) is 0 Å². The van der Waals surface area contributed by atoms with Crippen LogP contribution in [0, 0.1) is 0 Å². The molecule has 90 valence electrons. The van der Waals surface area contributed by atoms with Crippen molar-refractivity contribution >= 4 is 0 Å². The molecule has 0 amide bonds. The quantitative estimate of drug-likeness (QED) is 0.817. The van der Waals surface area contributed by atoms with Gasteiger partial charge < -0.3 is 15.2 Å². The highest BCUT2D eigenvalue weighted by Crippen LogP contribution is 2.25. The van der Waals surface area contributed by atoms with Crippen molar-refractivity contribution in [3.63, 3.8) is 0 Å². The van der Waals surface area contributed by atoms with E-state index < -0.39 is 12.7 Å². The molecule has 0 radical (unpaired) electrons. The van der Waals surface area contributed by atoms with E-state index >= 15 is 0 Å². The van der Waals surface area contributed by atoms with Crippen LogP contribution >= 0.6 is 0 Å². The second-order valence-electron chi connectivity index (χ2n) is 3.18. The van der Waals surface area contributed by atoms with Crippen molar-refractivity contribution in [3.8, 4) is 5.75 Å². The first-order valence-electron chi connectivity index (χ1n) is 5.02. The maximum absolute atomic E-state index is 12.1. The molecule has 0 saturated carbocycles. The Morgan fingerprint density at radius 3 is 2.62 bits per heavy atom.